The van der Waals surface area contributed by atoms with Crippen LogP contribution in [-0.2, 0) is 11.3 Å². The summed E-state index contributed by atoms with van der Waals surface area (Å²) in [5.74, 6) is 1.04. The van der Waals surface area contributed by atoms with Gasteiger partial charge in [-0.2, -0.15) is 0 Å². The van der Waals surface area contributed by atoms with Gasteiger partial charge in [-0.15, -0.1) is 0 Å². The number of hydrogen-bond donors (Lipinski definition) is 1. The zero-order chi connectivity index (χ0) is 16.1. The van der Waals surface area contributed by atoms with Gasteiger partial charge in [0.1, 0.15) is 5.82 Å². The Kier molecular flexibility index (Phi) is 5.33. The molecule has 3 rings (SSSR count). The molecule has 1 N–H and O–H groups in total. The van der Waals surface area contributed by atoms with E-state index in [4.69, 9.17) is 4.74 Å². The fourth-order valence-corrected chi connectivity index (χ4v) is 3.14. The quantitative estimate of drug-likeness (QED) is 0.926. The first-order valence-electron chi connectivity index (χ1n) is 8.56. The van der Waals surface area contributed by atoms with Gasteiger partial charge in [-0.05, 0) is 37.8 Å². The molecule has 1 aromatic rings. The molecule has 0 aliphatic carbocycles. The zero-order valence-electron chi connectivity index (χ0n) is 13.8. The summed E-state index contributed by atoms with van der Waals surface area (Å²) < 4.78 is 5.36. The summed E-state index contributed by atoms with van der Waals surface area (Å²) in [6, 6.07) is 4.22. The molecule has 0 saturated carbocycles. The van der Waals surface area contributed by atoms with E-state index in [0.29, 0.717) is 26.3 Å². The molecule has 23 heavy (non-hydrogen) atoms. The van der Waals surface area contributed by atoms with Gasteiger partial charge < -0.3 is 19.9 Å². The average Bonchev–Trinajstić information content (AvgIpc) is 2.61. The number of carbonyl (C=O) groups is 1. The smallest absolute Gasteiger partial charge is 0.318 e. The van der Waals surface area contributed by atoms with Crippen molar-refractivity contribution in [3.8, 4) is 0 Å². The Morgan fingerprint density at radius 1 is 1.30 bits per heavy atom. The standard InChI is InChI=1S/C17H26N4O2/c1-14-13-23-10-9-21(14)17(22)19-12-15-5-6-16(18-11-15)20-7-3-2-4-8-20/h5-6,11,14H,2-4,7-10,12-13H2,1H3,(H,19,22)/t14-/m0/s1. The lowest BCUT2D eigenvalue weighted by Crippen LogP contribution is -2.51. The third-order valence-electron chi connectivity index (χ3n) is 4.56. The highest BCUT2D eigenvalue weighted by atomic mass is 16.5. The molecule has 0 unspecified atom stereocenters. The molecule has 1 atom stereocenters. The second kappa shape index (κ2) is 7.64. The van der Waals surface area contributed by atoms with Crippen LogP contribution < -0.4 is 10.2 Å². The summed E-state index contributed by atoms with van der Waals surface area (Å²) in [6.45, 7) is 6.59. The van der Waals surface area contributed by atoms with Crippen molar-refractivity contribution in [2.45, 2.75) is 38.8 Å². The van der Waals surface area contributed by atoms with Crippen molar-refractivity contribution >= 4 is 11.8 Å². The van der Waals surface area contributed by atoms with E-state index >= 15 is 0 Å². The zero-order valence-corrected chi connectivity index (χ0v) is 13.8. The van der Waals surface area contributed by atoms with E-state index < -0.39 is 0 Å². The lowest BCUT2D eigenvalue weighted by atomic mass is 10.1. The number of piperidine rings is 1. The minimum absolute atomic E-state index is 0.0269. The molecule has 0 aromatic carbocycles. The number of nitrogens with one attached hydrogen (secondary N) is 1. The van der Waals surface area contributed by atoms with Crippen molar-refractivity contribution < 1.29 is 9.53 Å². The van der Waals surface area contributed by atoms with E-state index in [0.717, 1.165) is 24.5 Å². The fraction of sp³-hybridized carbons (Fsp3) is 0.647. The van der Waals surface area contributed by atoms with Crippen LogP contribution >= 0.6 is 0 Å². The largest absolute Gasteiger partial charge is 0.377 e. The predicted octanol–water partition coefficient (Wildman–Crippen LogP) is 2.00. The van der Waals surface area contributed by atoms with Gasteiger partial charge in [0, 0.05) is 32.4 Å². The lowest BCUT2D eigenvalue weighted by molar-refractivity contribution is 0.0190. The minimum Gasteiger partial charge on any atom is -0.377 e. The summed E-state index contributed by atoms with van der Waals surface area (Å²) in [5, 5.41) is 2.98. The van der Waals surface area contributed by atoms with Crippen LogP contribution in [0.25, 0.3) is 0 Å². The van der Waals surface area contributed by atoms with Gasteiger partial charge in [0.15, 0.2) is 0 Å². The molecule has 2 amide bonds. The molecular weight excluding hydrogens is 292 g/mol. The first kappa shape index (κ1) is 16.1. The highest BCUT2D eigenvalue weighted by molar-refractivity contribution is 5.74. The Hall–Kier alpha value is -1.82. The van der Waals surface area contributed by atoms with Crippen LogP contribution in [0.3, 0.4) is 0 Å². The molecule has 2 aliphatic rings. The predicted molar refractivity (Wildman–Crippen MR) is 89.5 cm³/mol. The Balaban J connectivity index is 1.51. The second-order valence-corrected chi connectivity index (χ2v) is 6.35. The first-order valence-corrected chi connectivity index (χ1v) is 8.56. The molecular formula is C17H26N4O2. The van der Waals surface area contributed by atoms with Crippen LogP contribution in [-0.4, -0.2) is 54.8 Å². The van der Waals surface area contributed by atoms with Crippen molar-refractivity contribution in [3.05, 3.63) is 23.9 Å². The number of ether oxygens (including phenoxy) is 1. The number of rotatable bonds is 3. The molecule has 3 heterocycles. The van der Waals surface area contributed by atoms with Crippen molar-refractivity contribution in [2.75, 3.05) is 37.7 Å². The number of carbonyl (C=O) groups excluding carboxylic acids is 1. The molecule has 1 aromatic heterocycles. The van der Waals surface area contributed by atoms with Gasteiger partial charge >= 0.3 is 6.03 Å². The van der Waals surface area contributed by atoms with Crippen LogP contribution in [0.4, 0.5) is 10.6 Å². The fourth-order valence-electron chi connectivity index (χ4n) is 3.14. The maximum Gasteiger partial charge on any atom is 0.318 e. The summed E-state index contributed by atoms with van der Waals surface area (Å²) in [7, 11) is 0. The van der Waals surface area contributed by atoms with Crippen LogP contribution in [0.1, 0.15) is 31.7 Å². The SMILES string of the molecule is C[C@H]1COCCN1C(=O)NCc1ccc(N2CCCCC2)nc1. The Morgan fingerprint density at radius 3 is 2.83 bits per heavy atom. The van der Waals surface area contributed by atoms with Gasteiger partial charge in [0.2, 0.25) is 0 Å². The number of hydrogen-bond acceptors (Lipinski definition) is 4. The molecule has 0 spiro atoms. The van der Waals surface area contributed by atoms with Crippen molar-refractivity contribution in [1.82, 2.24) is 15.2 Å². The molecule has 2 saturated heterocycles. The summed E-state index contributed by atoms with van der Waals surface area (Å²) in [6.07, 6.45) is 5.68. The Bertz CT molecular complexity index is 514. The monoisotopic (exact) mass is 318 g/mol. The highest BCUT2D eigenvalue weighted by Gasteiger charge is 2.23. The van der Waals surface area contributed by atoms with Crippen LogP contribution in [0.5, 0.6) is 0 Å². The maximum atomic E-state index is 12.2. The number of amides is 2. The van der Waals surface area contributed by atoms with Gasteiger partial charge in [-0.25, -0.2) is 9.78 Å². The number of urea groups is 1. The van der Waals surface area contributed by atoms with E-state index in [1.165, 1.54) is 19.3 Å². The first-order chi connectivity index (χ1) is 11.2. The lowest BCUT2D eigenvalue weighted by Gasteiger charge is -2.33. The normalized spacial score (nSPS) is 22.0. The van der Waals surface area contributed by atoms with Crippen LogP contribution in [0.2, 0.25) is 0 Å². The van der Waals surface area contributed by atoms with Crippen molar-refractivity contribution in [3.63, 3.8) is 0 Å². The van der Waals surface area contributed by atoms with Crippen LogP contribution in [0.15, 0.2) is 18.3 Å². The summed E-state index contributed by atoms with van der Waals surface area (Å²) in [4.78, 5) is 20.9. The van der Waals surface area contributed by atoms with E-state index in [2.05, 4.69) is 27.3 Å². The Morgan fingerprint density at radius 2 is 2.13 bits per heavy atom. The molecule has 2 aliphatic heterocycles. The maximum absolute atomic E-state index is 12.2. The highest BCUT2D eigenvalue weighted by Crippen LogP contribution is 2.17. The third-order valence-corrected chi connectivity index (χ3v) is 4.56. The van der Waals surface area contributed by atoms with Gasteiger partial charge in [-0.1, -0.05) is 6.07 Å². The third kappa shape index (κ3) is 4.13. The molecule has 6 nitrogen and oxygen atoms in total. The van der Waals surface area contributed by atoms with Crippen molar-refractivity contribution in [2.24, 2.45) is 0 Å². The Labute approximate surface area is 137 Å². The van der Waals surface area contributed by atoms with E-state index in [1.54, 1.807) is 0 Å². The molecule has 6 heteroatoms. The number of morpholine rings is 1. The number of pyridine rings is 1. The number of aromatic nitrogens is 1. The summed E-state index contributed by atoms with van der Waals surface area (Å²) in [5.41, 5.74) is 1.03. The molecule has 126 valence electrons. The van der Waals surface area contributed by atoms with Gasteiger partial charge in [0.05, 0.1) is 19.3 Å². The molecule has 0 bridgehead atoms. The minimum atomic E-state index is -0.0269. The average molecular weight is 318 g/mol. The van der Waals surface area contributed by atoms with Crippen molar-refractivity contribution in [1.29, 1.82) is 0 Å². The van der Waals surface area contributed by atoms with E-state index in [1.807, 2.05) is 18.0 Å². The second-order valence-electron chi connectivity index (χ2n) is 6.35. The van der Waals surface area contributed by atoms with E-state index in [9.17, 15) is 4.79 Å². The van der Waals surface area contributed by atoms with E-state index in [-0.39, 0.29) is 12.1 Å². The number of anilines is 1. The molecule has 2 fully saturated rings. The topological polar surface area (TPSA) is 57.7 Å². The molecule has 0 radical (unpaired) electrons. The number of nitrogens with zero attached hydrogens (tertiary/aromatic N) is 3. The summed E-state index contributed by atoms with van der Waals surface area (Å²) >= 11 is 0. The van der Waals surface area contributed by atoms with Crippen LogP contribution in [0, 0.1) is 0 Å². The van der Waals surface area contributed by atoms with Gasteiger partial charge in [-0.3, -0.25) is 0 Å². The van der Waals surface area contributed by atoms with Gasteiger partial charge in [0.25, 0.3) is 0 Å².